The Morgan fingerprint density at radius 3 is 1.46 bits per heavy atom. The first kappa shape index (κ1) is 12.9. The average Bonchev–Trinajstić information content (AvgIpc) is 2.16. The second kappa shape index (κ2) is 8.48. The minimum absolute atomic E-state index is 0.199. The molecule has 0 spiro atoms. The largest absolute Gasteiger partial charge is 0.382 e. The van der Waals surface area contributed by atoms with Gasteiger partial charge in [0, 0.05) is 14.2 Å². The Morgan fingerprint density at radius 1 is 0.846 bits per heavy atom. The van der Waals surface area contributed by atoms with Crippen LogP contribution in [0.25, 0.3) is 0 Å². The Morgan fingerprint density at radius 2 is 1.23 bits per heavy atom. The van der Waals surface area contributed by atoms with Gasteiger partial charge in [-0.25, -0.2) is 0 Å². The lowest BCUT2D eigenvalue weighted by atomic mass is 10.2. The quantitative estimate of drug-likeness (QED) is 0.584. The van der Waals surface area contributed by atoms with E-state index < -0.39 is 0 Å². The van der Waals surface area contributed by atoms with Crippen molar-refractivity contribution in [2.75, 3.05) is 27.4 Å². The van der Waals surface area contributed by atoms with Crippen LogP contribution in [0.2, 0.25) is 0 Å². The molecule has 0 N–H and O–H groups in total. The molecule has 0 aliphatic heterocycles. The third kappa shape index (κ3) is 6.02. The highest BCUT2D eigenvalue weighted by Gasteiger charge is 2.13. The molecule has 0 heterocycles. The molecule has 0 amide bonds. The summed E-state index contributed by atoms with van der Waals surface area (Å²) < 4.78 is 15.9. The number of hydrogen-bond acceptors (Lipinski definition) is 3. The molecule has 80 valence electrons. The molecule has 2 unspecified atom stereocenters. The summed E-state index contributed by atoms with van der Waals surface area (Å²) >= 11 is 0. The SMILES string of the molecule is CCC(COC)OC(CC)COC. The Kier molecular flexibility index (Phi) is 8.40. The molecule has 0 rings (SSSR count). The molecule has 0 aliphatic rings. The molecule has 13 heavy (non-hydrogen) atoms. The summed E-state index contributed by atoms with van der Waals surface area (Å²) in [7, 11) is 3.40. The first-order valence-corrected chi connectivity index (χ1v) is 4.91. The van der Waals surface area contributed by atoms with Gasteiger partial charge in [-0.1, -0.05) is 13.8 Å². The first-order chi connectivity index (χ1) is 6.28. The van der Waals surface area contributed by atoms with Crippen molar-refractivity contribution in [1.82, 2.24) is 0 Å². The van der Waals surface area contributed by atoms with Crippen molar-refractivity contribution in [3.8, 4) is 0 Å². The van der Waals surface area contributed by atoms with Gasteiger partial charge in [-0.3, -0.25) is 0 Å². The molecule has 0 aliphatic carbocycles. The van der Waals surface area contributed by atoms with Crippen LogP contribution in [-0.2, 0) is 14.2 Å². The van der Waals surface area contributed by atoms with E-state index in [1.165, 1.54) is 0 Å². The fraction of sp³-hybridized carbons (Fsp3) is 1.00. The first-order valence-electron chi connectivity index (χ1n) is 4.91. The molecule has 0 bridgehead atoms. The highest BCUT2D eigenvalue weighted by atomic mass is 16.6. The summed E-state index contributed by atoms with van der Waals surface area (Å²) in [6.07, 6.45) is 2.36. The van der Waals surface area contributed by atoms with Crippen LogP contribution in [0, 0.1) is 0 Å². The molecular formula is C10H22O3. The van der Waals surface area contributed by atoms with Gasteiger partial charge in [-0.2, -0.15) is 0 Å². The lowest BCUT2D eigenvalue weighted by Gasteiger charge is -2.22. The lowest BCUT2D eigenvalue weighted by molar-refractivity contribution is -0.0753. The van der Waals surface area contributed by atoms with Gasteiger partial charge in [-0.15, -0.1) is 0 Å². The highest BCUT2D eigenvalue weighted by Crippen LogP contribution is 2.06. The van der Waals surface area contributed by atoms with Crippen molar-refractivity contribution in [3.05, 3.63) is 0 Å². The smallest absolute Gasteiger partial charge is 0.0810 e. The van der Waals surface area contributed by atoms with Gasteiger partial charge in [0.1, 0.15) is 0 Å². The van der Waals surface area contributed by atoms with E-state index in [1.54, 1.807) is 14.2 Å². The topological polar surface area (TPSA) is 27.7 Å². The van der Waals surface area contributed by atoms with E-state index in [-0.39, 0.29) is 12.2 Å². The fourth-order valence-corrected chi connectivity index (χ4v) is 1.15. The minimum Gasteiger partial charge on any atom is -0.382 e. The number of rotatable bonds is 8. The zero-order valence-corrected chi connectivity index (χ0v) is 9.21. The van der Waals surface area contributed by atoms with Crippen LogP contribution in [0.15, 0.2) is 0 Å². The van der Waals surface area contributed by atoms with Crippen LogP contribution in [0.1, 0.15) is 26.7 Å². The van der Waals surface area contributed by atoms with Gasteiger partial charge >= 0.3 is 0 Å². The predicted octanol–water partition coefficient (Wildman–Crippen LogP) is 1.85. The number of ether oxygens (including phenoxy) is 3. The second-order valence-electron chi connectivity index (χ2n) is 3.11. The van der Waals surface area contributed by atoms with Gasteiger partial charge in [0.15, 0.2) is 0 Å². The van der Waals surface area contributed by atoms with Crippen molar-refractivity contribution in [2.24, 2.45) is 0 Å². The molecule has 0 fully saturated rings. The number of hydrogen-bond donors (Lipinski definition) is 0. The summed E-state index contributed by atoms with van der Waals surface area (Å²) in [4.78, 5) is 0. The van der Waals surface area contributed by atoms with Gasteiger partial charge in [0.05, 0.1) is 25.4 Å². The summed E-state index contributed by atoms with van der Waals surface area (Å²) in [6, 6.07) is 0. The van der Waals surface area contributed by atoms with Crippen LogP contribution < -0.4 is 0 Å². The van der Waals surface area contributed by atoms with Crippen molar-refractivity contribution in [3.63, 3.8) is 0 Å². The van der Waals surface area contributed by atoms with E-state index >= 15 is 0 Å². The third-order valence-corrected chi connectivity index (χ3v) is 2.00. The van der Waals surface area contributed by atoms with Crippen molar-refractivity contribution in [1.29, 1.82) is 0 Å². The van der Waals surface area contributed by atoms with E-state index in [1.807, 2.05) is 0 Å². The molecule has 0 saturated heterocycles. The van der Waals surface area contributed by atoms with E-state index in [0.717, 1.165) is 12.8 Å². The monoisotopic (exact) mass is 190 g/mol. The fourth-order valence-electron chi connectivity index (χ4n) is 1.15. The zero-order valence-electron chi connectivity index (χ0n) is 9.21. The van der Waals surface area contributed by atoms with Crippen LogP contribution in [0.4, 0.5) is 0 Å². The van der Waals surface area contributed by atoms with E-state index in [0.29, 0.717) is 13.2 Å². The van der Waals surface area contributed by atoms with Gasteiger partial charge in [0.25, 0.3) is 0 Å². The van der Waals surface area contributed by atoms with Crippen molar-refractivity contribution in [2.45, 2.75) is 38.9 Å². The van der Waals surface area contributed by atoms with Gasteiger partial charge in [0.2, 0.25) is 0 Å². The molecule has 3 nitrogen and oxygen atoms in total. The van der Waals surface area contributed by atoms with E-state index in [2.05, 4.69) is 13.8 Å². The standard InChI is InChI=1S/C10H22O3/c1-5-9(7-11-3)13-10(6-2)8-12-4/h9-10H,5-8H2,1-4H3. The number of methoxy groups -OCH3 is 2. The maximum Gasteiger partial charge on any atom is 0.0810 e. The van der Waals surface area contributed by atoms with Crippen LogP contribution >= 0.6 is 0 Å². The Bertz CT molecular complexity index is 94.3. The van der Waals surface area contributed by atoms with Crippen molar-refractivity contribution < 1.29 is 14.2 Å². The molecule has 0 aromatic heterocycles. The highest BCUT2D eigenvalue weighted by molar-refractivity contribution is 4.60. The molecular weight excluding hydrogens is 168 g/mol. The maximum absolute atomic E-state index is 5.78. The van der Waals surface area contributed by atoms with Crippen LogP contribution in [0.5, 0.6) is 0 Å². The Hall–Kier alpha value is -0.120. The molecule has 2 atom stereocenters. The molecule has 0 radical (unpaired) electrons. The van der Waals surface area contributed by atoms with E-state index in [4.69, 9.17) is 14.2 Å². The second-order valence-corrected chi connectivity index (χ2v) is 3.11. The molecule has 0 aromatic rings. The summed E-state index contributed by atoms with van der Waals surface area (Å²) in [6.45, 7) is 5.53. The van der Waals surface area contributed by atoms with Crippen LogP contribution in [0.3, 0.4) is 0 Å². The van der Waals surface area contributed by atoms with Gasteiger partial charge in [-0.05, 0) is 12.8 Å². The maximum atomic E-state index is 5.78. The Balaban J connectivity index is 3.73. The average molecular weight is 190 g/mol. The lowest BCUT2D eigenvalue weighted by Crippen LogP contribution is -2.28. The van der Waals surface area contributed by atoms with Crippen molar-refractivity contribution >= 4 is 0 Å². The molecule has 0 aromatic carbocycles. The predicted molar refractivity (Wildman–Crippen MR) is 53.0 cm³/mol. The molecule has 0 saturated carbocycles. The summed E-state index contributed by atoms with van der Waals surface area (Å²) in [5, 5.41) is 0. The van der Waals surface area contributed by atoms with E-state index in [9.17, 15) is 0 Å². The summed E-state index contributed by atoms with van der Waals surface area (Å²) in [5.74, 6) is 0. The summed E-state index contributed by atoms with van der Waals surface area (Å²) in [5.41, 5.74) is 0. The zero-order chi connectivity index (χ0) is 10.1. The van der Waals surface area contributed by atoms with Crippen LogP contribution in [-0.4, -0.2) is 39.6 Å². The van der Waals surface area contributed by atoms with Gasteiger partial charge < -0.3 is 14.2 Å². The minimum atomic E-state index is 0.199. The molecule has 3 heteroatoms. The Labute approximate surface area is 81.4 Å². The third-order valence-electron chi connectivity index (χ3n) is 2.00. The normalized spacial score (nSPS) is 15.7.